The summed E-state index contributed by atoms with van der Waals surface area (Å²) in [5.41, 5.74) is 5.71. The minimum absolute atomic E-state index is 0.111. The predicted octanol–water partition coefficient (Wildman–Crippen LogP) is 3.15. The smallest absolute Gasteiger partial charge is 0.331 e. The van der Waals surface area contributed by atoms with E-state index in [2.05, 4.69) is 15.4 Å². The minimum atomic E-state index is -1.57. The third-order valence-corrected chi connectivity index (χ3v) is 3.68. The molecular formula is C18H25FN4O2. The Kier molecular flexibility index (Phi) is 5.27. The molecule has 0 amide bonds. The summed E-state index contributed by atoms with van der Waals surface area (Å²) in [6.07, 6.45) is 1.39. The van der Waals surface area contributed by atoms with Crippen LogP contribution in [-0.4, -0.2) is 27.5 Å². The molecule has 0 bridgehead atoms. The third-order valence-electron chi connectivity index (χ3n) is 3.68. The van der Waals surface area contributed by atoms with Crippen LogP contribution < -0.4 is 5.73 Å². The fourth-order valence-electron chi connectivity index (χ4n) is 2.81. The van der Waals surface area contributed by atoms with Gasteiger partial charge in [-0.2, -0.15) is 15.4 Å². The van der Waals surface area contributed by atoms with Gasteiger partial charge in [0.25, 0.3) is 0 Å². The van der Waals surface area contributed by atoms with Gasteiger partial charge in [-0.15, -0.1) is 0 Å². The van der Waals surface area contributed by atoms with E-state index in [1.54, 1.807) is 19.9 Å². The lowest BCUT2D eigenvalue weighted by Gasteiger charge is -2.34. The Morgan fingerprint density at radius 1 is 1.36 bits per heavy atom. The van der Waals surface area contributed by atoms with Gasteiger partial charge < -0.3 is 10.5 Å². The van der Waals surface area contributed by atoms with E-state index in [4.69, 9.17) is 10.5 Å². The maximum atomic E-state index is 14.9. The van der Waals surface area contributed by atoms with E-state index in [0.717, 1.165) is 0 Å². The van der Waals surface area contributed by atoms with Crippen molar-refractivity contribution in [1.29, 1.82) is 0 Å². The number of hydrogen-bond acceptors (Lipinski definition) is 5. The fraction of sp³-hybridized carbons (Fsp3) is 0.500. The zero-order chi connectivity index (χ0) is 18.8. The highest BCUT2D eigenvalue weighted by Crippen LogP contribution is 2.36. The second-order valence-electron chi connectivity index (χ2n) is 7.71. The Hall–Kier alpha value is -2.28. The molecule has 2 rings (SSSR count). The van der Waals surface area contributed by atoms with Gasteiger partial charge >= 0.3 is 5.97 Å². The molecule has 0 aliphatic carbocycles. The maximum Gasteiger partial charge on any atom is 0.331 e. The van der Waals surface area contributed by atoms with Crippen LogP contribution >= 0.6 is 0 Å². The first-order valence-corrected chi connectivity index (χ1v) is 8.19. The summed E-state index contributed by atoms with van der Waals surface area (Å²) in [4.78, 5) is 12.7. The zero-order valence-electron chi connectivity index (χ0n) is 15.3. The van der Waals surface area contributed by atoms with E-state index in [1.807, 2.05) is 20.8 Å². The van der Waals surface area contributed by atoms with Crippen LogP contribution in [0.4, 0.5) is 4.39 Å². The first-order valence-electron chi connectivity index (χ1n) is 8.19. The first-order chi connectivity index (χ1) is 11.5. The summed E-state index contributed by atoms with van der Waals surface area (Å²) in [5, 5.41) is 10.1. The van der Waals surface area contributed by atoms with E-state index < -0.39 is 17.3 Å². The van der Waals surface area contributed by atoms with Crippen molar-refractivity contribution in [2.45, 2.75) is 52.7 Å². The molecular weight excluding hydrogens is 323 g/mol. The second-order valence-corrected chi connectivity index (χ2v) is 7.71. The van der Waals surface area contributed by atoms with Crippen molar-refractivity contribution >= 4 is 5.97 Å². The Bertz CT molecular complexity index is 738. The quantitative estimate of drug-likeness (QED) is 0.810. The molecule has 136 valence electrons. The second kappa shape index (κ2) is 6.92. The number of ether oxygens (including phenoxy) is 1. The summed E-state index contributed by atoms with van der Waals surface area (Å²) < 4.78 is 20.2. The van der Waals surface area contributed by atoms with Crippen LogP contribution in [0.1, 0.15) is 46.6 Å². The Morgan fingerprint density at radius 2 is 2.04 bits per heavy atom. The number of benzene rings is 1. The van der Waals surface area contributed by atoms with Crippen LogP contribution in [0.15, 0.2) is 24.4 Å². The number of hydrogen-bond donors (Lipinski definition) is 2. The standard InChI is InChI=1S/C18H25FN4O2/c1-11(2)25-16(24)18(20,10-17(3,4)5)13-7-6-12(8-14(13)19)15-9-21-23-22-15/h6-9,11H,10,20H2,1-5H3,(H,21,22,23). The molecule has 0 fully saturated rings. The highest BCUT2D eigenvalue weighted by molar-refractivity contribution is 5.83. The SMILES string of the molecule is CC(C)OC(=O)C(N)(CC(C)(C)C)c1ccc(-c2cn[nH]n2)cc1F. The van der Waals surface area contributed by atoms with Gasteiger partial charge in [0, 0.05) is 11.1 Å². The molecule has 1 heterocycles. The van der Waals surface area contributed by atoms with Crippen molar-refractivity contribution in [3.63, 3.8) is 0 Å². The van der Waals surface area contributed by atoms with Gasteiger partial charge in [-0.25, -0.2) is 9.18 Å². The number of halogens is 1. The van der Waals surface area contributed by atoms with Gasteiger partial charge in [-0.05, 0) is 31.7 Å². The Morgan fingerprint density at radius 3 is 2.52 bits per heavy atom. The summed E-state index contributed by atoms with van der Waals surface area (Å²) in [6, 6.07) is 4.50. The van der Waals surface area contributed by atoms with Crippen LogP contribution in [0, 0.1) is 11.2 Å². The largest absolute Gasteiger partial charge is 0.461 e. The molecule has 0 aliphatic heterocycles. The van der Waals surface area contributed by atoms with E-state index in [1.165, 1.54) is 18.3 Å². The summed E-state index contributed by atoms with van der Waals surface area (Å²) in [7, 11) is 0. The maximum absolute atomic E-state index is 14.9. The average molecular weight is 348 g/mol. The number of rotatable bonds is 5. The van der Waals surface area contributed by atoms with Crippen molar-refractivity contribution < 1.29 is 13.9 Å². The molecule has 2 aromatic rings. The van der Waals surface area contributed by atoms with Crippen LogP contribution in [0.25, 0.3) is 11.3 Å². The number of nitrogens with one attached hydrogen (secondary N) is 1. The molecule has 0 radical (unpaired) electrons. The molecule has 3 N–H and O–H groups in total. The predicted molar refractivity (Wildman–Crippen MR) is 92.9 cm³/mol. The van der Waals surface area contributed by atoms with Gasteiger partial charge in [-0.3, -0.25) is 0 Å². The lowest BCUT2D eigenvalue weighted by atomic mass is 9.76. The molecule has 0 spiro atoms. The van der Waals surface area contributed by atoms with Gasteiger partial charge in [0.15, 0.2) is 0 Å². The zero-order valence-corrected chi connectivity index (χ0v) is 15.3. The molecule has 25 heavy (non-hydrogen) atoms. The van der Waals surface area contributed by atoms with Crippen LogP contribution in [0.5, 0.6) is 0 Å². The van der Waals surface area contributed by atoms with Crippen molar-refractivity contribution in [3.8, 4) is 11.3 Å². The topological polar surface area (TPSA) is 93.9 Å². The molecule has 7 heteroatoms. The lowest BCUT2D eigenvalue weighted by molar-refractivity contribution is -0.156. The summed E-state index contributed by atoms with van der Waals surface area (Å²) in [5.74, 6) is -1.21. The molecule has 1 aromatic heterocycles. The monoisotopic (exact) mass is 348 g/mol. The van der Waals surface area contributed by atoms with E-state index in [-0.39, 0.29) is 23.5 Å². The van der Waals surface area contributed by atoms with E-state index in [0.29, 0.717) is 11.3 Å². The van der Waals surface area contributed by atoms with Gasteiger partial charge in [-0.1, -0.05) is 32.9 Å². The number of nitrogens with two attached hydrogens (primary N) is 1. The number of aromatic amines is 1. The lowest BCUT2D eigenvalue weighted by Crippen LogP contribution is -2.49. The number of aromatic nitrogens is 3. The van der Waals surface area contributed by atoms with Gasteiger partial charge in [0.2, 0.25) is 0 Å². The first kappa shape index (κ1) is 19.1. The third kappa shape index (κ3) is 4.42. The number of H-pyrrole nitrogens is 1. The number of nitrogens with zero attached hydrogens (tertiary/aromatic N) is 2. The molecule has 0 saturated carbocycles. The van der Waals surface area contributed by atoms with Crippen LogP contribution in [0.3, 0.4) is 0 Å². The molecule has 1 aromatic carbocycles. The molecule has 6 nitrogen and oxygen atoms in total. The van der Waals surface area contributed by atoms with Crippen molar-refractivity contribution in [2.24, 2.45) is 11.1 Å². The van der Waals surface area contributed by atoms with Crippen LogP contribution in [0.2, 0.25) is 0 Å². The van der Waals surface area contributed by atoms with Crippen molar-refractivity contribution in [3.05, 3.63) is 35.8 Å². The van der Waals surface area contributed by atoms with Crippen molar-refractivity contribution in [2.75, 3.05) is 0 Å². The average Bonchev–Trinajstić information content (AvgIpc) is 2.98. The Labute approximate surface area is 147 Å². The van der Waals surface area contributed by atoms with E-state index in [9.17, 15) is 9.18 Å². The normalized spacial score (nSPS) is 14.4. The van der Waals surface area contributed by atoms with E-state index >= 15 is 0 Å². The van der Waals surface area contributed by atoms with Crippen molar-refractivity contribution in [1.82, 2.24) is 15.4 Å². The van der Waals surface area contributed by atoms with Gasteiger partial charge in [0.05, 0.1) is 12.3 Å². The molecule has 0 aliphatic rings. The summed E-state index contributed by atoms with van der Waals surface area (Å²) >= 11 is 0. The molecule has 1 unspecified atom stereocenters. The van der Waals surface area contributed by atoms with Gasteiger partial charge in [0.1, 0.15) is 17.1 Å². The highest BCUT2D eigenvalue weighted by Gasteiger charge is 2.43. The molecule has 1 atom stereocenters. The molecule has 0 saturated heterocycles. The number of carbonyl (C=O) groups excluding carboxylic acids is 1. The fourth-order valence-corrected chi connectivity index (χ4v) is 2.81. The van der Waals surface area contributed by atoms with Crippen LogP contribution in [-0.2, 0) is 15.1 Å². The number of carbonyl (C=O) groups is 1. The summed E-state index contributed by atoms with van der Waals surface area (Å²) in [6.45, 7) is 9.30. The Balaban J connectivity index is 2.48. The number of esters is 1. The highest BCUT2D eigenvalue weighted by atomic mass is 19.1. The minimum Gasteiger partial charge on any atom is -0.461 e.